The summed E-state index contributed by atoms with van der Waals surface area (Å²) in [5, 5.41) is 12.8. The summed E-state index contributed by atoms with van der Waals surface area (Å²) in [7, 11) is 0. The third-order valence-corrected chi connectivity index (χ3v) is 4.09. The molecule has 1 aromatic carbocycles. The van der Waals surface area contributed by atoms with Crippen molar-refractivity contribution in [3.63, 3.8) is 0 Å². The van der Waals surface area contributed by atoms with E-state index in [4.69, 9.17) is 0 Å². The molecule has 2 aromatic heterocycles. The molecule has 0 aliphatic rings. The molecule has 3 aromatic rings. The van der Waals surface area contributed by atoms with Crippen molar-refractivity contribution >= 4 is 11.6 Å². The van der Waals surface area contributed by atoms with Gasteiger partial charge in [-0.25, -0.2) is 18.2 Å². The third-order valence-electron chi connectivity index (χ3n) is 4.09. The third kappa shape index (κ3) is 4.08. The van der Waals surface area contributed by atoms with Crippen LogP contribution in [0.25, 0.3) is 5.65 Å². The maximum Gasteiger partial charge on any atom is 0.282 e. The quantitative estimate of drug-likeness (QED) is 0.691. The number of amides is 1. The van der Waals surface area contributed by atoms with Gasteiger partial charge in [0.2, 0.25) is 0 Å². The molecule has 6 nitrogen and oxygen atoms in total. The van der Waals surface area contributed by atoms with Gasteiger partial charge in [0.15, 0.2) is 5.65 Å². The molecule has 0 spiro atoms. The predicted octanol–water partition coefficient (Wildman–Crippen LogP) is 3.05. The van der Waals surface area contributed by atoms with Gasteiger partial charge in [-0.15, -0.1) is 0 Å². The number of carbonyl (C=O) groups is 1. The number of fused-ring (bicyclic) bond motifs is 1. The van der Waals surface area contributed by atoms with Crippen molar-refractivity contribution < 1.29 is 23.1 Å². The van der Waals surface area contributed by atoms with E-state index < -0.39 is 36.0 Å². The number of carbonyl (C=O) groups excluding carboxylic acids is 1. The van der Waals surface area contributed by atoms with Gasteiger partial charge in [0.1, 0.15) is 17.2 Å². The lowest BCUT2D eigenvalue weighted by atomic mass is 10.0. The van der Waals surface area contributed by atoms with Crippen LogP contribution in [0.4, 0.5) is 13.2 Å². The standard InChI is InChI=1S/C18H17F3N4O2/c1-10(8-13(26)11-2-4-12(19)5-3-11)23-18(27)16-15(17(20)21)24-14-9-22-6-7-25(14)16/h2-7,9-10,13,17,26H,8H2,1H3,(H,23,27). The van der Waals surface area contributed by atoms with E-state index in [0.29, 0.717) is 5.56 Å². The summed E-state index contributed by atoms with van der Waals surface area (Å²) in [6.45, 7) is 1.64. The zero-order valence-electron chi connectivity index (χ0n) is 14.3. The van der Waals surface area contributed by atoms with Crippen LogP contribution in [0, 0.1) is 5.82 Å². The Morgan fingerprint density at radius 2 is 2.00 bits per heavy atom. The van der Waals surface area contributed by atoms with Crippen molar-refractivity contribution in [2.45, 2.75) is 31.9 Å². The normalized spacial score (nSPS) is 13.7. The average Bonchev–Trinajstić information content (AvgIpc) is 3.02. The molecule has 3 rings (SSSR count). The Morgan fingerprint density at radius 3 is 2.67 bits per heavy atom. The first-order valence-electron chi connectivity index (χ1n) is 8.21. The van der Waals surface area contributed by atoms with Crippen LogP contribution in [-0.2, 0) is 0 Å². The van der Waals surface area contributed by atoms with E-state index in [1.54, 1.807) is 6.92 Å². The lowest BCUT2D eigenvalue weighted by Crippen LogP contribution is -2.35. The molecular weight excluding hydrogens is 361 g/mol. The molecule has 0 saturated carbocycles. The van der Waals surface area contributed by atoms with E-state index >= 15 is 0 Å². The first-order chi connectivity index (χ1) is 12.9. The molecule has 0 saturated heterocycles. The van der Waals surface area contributed by atoms with Gasteiger partial charge in [-0.2, -0.15) is 0 Å². The van der Waals surface area contributed by atoms with Crippen molar-refractivity contribution in [3.05, 3.63) is 65.6 Å². The molecule has 0 fully saturated rings. The van der Waals surface area contributed by atoms with Crippen molar-refractivity contribution in [1.29, 1.82) is 0 Å². The van der Waals surface area contributed by atoms with Crippen LogP contribution in [0.3, 0.4) is 0 Å². The second kappa shape index (κ2) is 7.75. The van der Waals surface area contributed by atoms with Crippen LogP contribution in [0.1, 0.15) is 47.6 Å². The van der Waals surface area contributed by atoms with Crippen LogP contribution in [-0.4, -0.2) is 31.4 Å². The van der Waals surface area contributed by atoms with Crippen molar-refractivity contribution in [3.8, 4) is 0 Å². The maximum absolute atomic E-state index is 13.3. The van der Waals surface area contributed by atoms with Gasteiger partial charge in [0.05, 0.1) is 12.3 Å². The molecule has 27 heavy (non-hydrogen) atoms. The van der Waals surface area contributed by atoms with E-state index in [2.05, 4.69) is 15.3 Å². The largest absolute Gasteiger partial charge is 0.388 e. The minimum Gasteiger partial charge on any atom is -0.388 e. The molecular formula is C18H17F3N4O2. The Hall–Kier alpha value is -2.94. The molecule has 0 aliphatic carbocycles. The number of aliphatic hydroxyl groups excluding tert-OH is 1. The number of halogens is 3. The van der Waals surface area contributed by atoms with Crippen LogP contribution >= 0.6 is 0 Å². The number of nitrogens with zero attached hydrogens (tertiary/aromatic N) is 3. The number of aromatic nitrogens is 3. The fourth-order valence-corrected chi connectivity index (χ4v) is 2.81. The van der Waals surface area contributed by atoms with E-state index in [1.807, 2.05) is 0 Å². The number of aliphatic hydroxyl groups is 1. The second-order valence-corrected chi connectivity index (χ2v) is 6.13. The van der Waals surface area contributed by atoms with Crippen LogP contribution in [0.2, 0.25) is 0 Å². The van der Waals surface area contributed by atoms with Gasteiger partial charge in [-0.1, -0.05) is 12.1 Å². The molecule has 2 N–H and O–H groups in total. The SMILES string of the molecule is CC(CC(O)c1ccc(F)cc1)NC(=O)c1c(C(F)F)nc2cnccn12. The highest BCUT2D eigenvalue weighted by molar-refractivity contribution is 5.95. The van der Waals surface area contributed by atoms with Crippen molar-refractivity contribution in [2.75, 3.05) is 0 Å². The molecule has 142 valence electrons. The molecule has 2 heterocycles. The van der Waals surface area contributed by atoms with Gasteiger partial charge in [-0.3, -0.25) is 14.2 Å². The number of benzene rings is 1. The Kier molecular flexibility index (Phi) is 5.41. The lowest BCUT2D eigenvalue weighted by molar-refractivity contribution is 0.0896. The lowest BCUT2D eigenvalue weighted by Gasteiger charge is -2.18. The number of imidazole rings is 1. The van der Waals surface area contributed by atoms with Gasteiger partial charge >= 0.3 is 0 Å². The Labute approximate surface area is 152 Å². The first-order valence-corrected chi connectivity index (χ1v) is 8.21. The fourth-order valence-electron chi connectivity index (χ4n) is 2.81. The summed E-state index contributed by atoms with van der Waals surface area (Å²) in [6.07, 6.45) is 0.279. The Bertz CT molecular complexity index is 943. The fraction of sp³-hybridized carbons (Fsp3) is 0.278. The minimum absolute atomic E-state index is 0.125. The first kappa shape index (κ1) is 18.8. The molecule has 1 amide bonds. The topological polar surface area (TPSA) is 79.5 Å². The summed E-state index contributed by atoms with van der Waals surface area (Å²) in [6, 6.07) is 4.81. The zero-order chi connectivity index (χ0) is 19.6. The highest BCUT2D eigenvalue weighted by Crippen LogP contribution is 2.24. The van der Waals surface area contributed by atoms with E-state index in [9.17, 15) is 23.1 Å². The molecule has 9 heteroatoms. The Morgan fingerprint density at radius 1 is 1.30 bits per heavy atom. The number of nitrogens with one attached hydrogen (secondary N) is 1. The number of alkyl halides is 2. The monoisotopic (exact) mass is 378 g/mol. The van der Waals surface area contributed by atoms with Gasteiger partial charge < -0.3 is 10.4 Å². The minimum atomic E-state index is -2.93. The number of rotatable bonds is 6. The van der Waals surface area contributed by atoms with Gasteiger partial charge in [-0.05, 0) is 31.0 Å². The van der Waals surface area contributed by atoms with Crippen molar-refractivity contribution in [1.82, 2.24) is 19.7 Å². The molecule has 0 bridgehead atoms. The zero-order valence-corrected chi connectivity index (χ0v) is 14.3. The number of hydrogen-bond donors (Lipinski definition) is 2. The van der Waals surface area contributed by atoms with E-state index in [-0.39, 0.29) is 17.8 Å². The molecule has 0 radical (unpaired) electrons. The van der Waals surface area contributed by atoms with Crippen molar-refractivity contribution in [2.24, 2.45) is 0 Å². The molecule has 2 unspecified atom stereocenters. The summed E-state index contributed by atoms with van der Waals surface area (Å²) in [5.41, 5.74) is -0.277. The van der Waals surface area contributed by atoms with E-state index in [1.165, 1.54) is 47.3 Å². The van der Waals surface area contributed by atoms with Crippen LogP contribution in [0.15, 0.2) is 42.9 Å². The smallest absolute Gasteiger partial charge is 0.282 e. The highest BCUT2D eigenvalue weighted by atomic mass is 19.3. The summed E-state index contributed by atoms with van der Waals surface area (Å²) >= 11 is 0. The summed E-state index contributed by atoms with van der Waals surface area (Å²) < 4.78 is 40.8. The predicted molar refractivity (Wildman–Crippen MR) is 90.8 cm³/mol. The average molecular weight is 378 g/mol. The van der Waals surface area contributed by atoms with Gasteiger partial charge in [0.25, 0.3) is 12.3 Å². The second-order valence-electron chi connectivity index (χ2n) is 6.13. The van der Waals surface area contributed by atoms with Crippen LogP contribution < -0.4 is 5.32 Å². The summed E-state index contributed by atoms with van der Waals surface area (Å²) in [5.74, 6) is -1.16. The van der Waals surface area contributed by atoms with Gasteiger partial charge in [0, 0.05) is 18.4 Å². The summed E-state index contributed by atoms with van der Waals surface area (Å²) in [4.78, 5) is 20.1. The number of hydrogen-bond acceptors (Lipinski definition) is 4. The molecule has 0 aliphatic heterocycles. The maximum atomic E-state index is 13.3. The Balaban J connectivity index is 1.76. The van der Waals surface area contributed by atoms with Crippen LogP contribution in [0.5, 0.6) is 0 Å². The molecule has 2 atom stereocenters. The highest BCUT2D eigenvalue weighted by Gasteiger charge is 2.26. The van der Waals surface area contributed by atoms with E-state index in [0.717, 1.165) is 0 Å².